The van der Waals surface area contributed by atoms with E-state index >= 15 is 0 Å². The molecule has 33 heavy (non-hydrogen) atoms. The van der Waals surface area contributed by atoms with Gasteiger partial charge in [0, 0.05) is 29.3 Å². The number of nitrogens with zero attached hydrogens (tertiary/aromatic N) is 1. The van der Waals surface area contributed by atoms with Crippen LogP contribution in [0, 0.1) is 0 Å². The van der Waals surface area contributed by atoms with Crippen molar-refractivity contribution in [2.45, 2.75) is 38.3 Å². The molecule has 1 fully saturated rings. The molecule has 1 aliphatic rings. The molecule has 2 aromatic carbocycles. The molecule has 0 saturated heterocycles. The van der Waals surface area contributed by atoms with Gasteiger partial charge in [-0.05, 0) is 49.6 Å². The van der Waals surface area contributed by atoms with Gasteiger partial charge in [0.15, 0.2) is 0 Å². The van der Waals surface area contributed by atoms with Crippen LogP contribution >= 0.6 is 0 Å². The zero-order valence-corrected chi connectivity index (χ0v) is 18.4. The zero-order chi connectivity index (χ0) is 23.0. The van der Waals surface area contributed by atoms with Gasteiger partial charge in [0.1, 0.15) is 11.5 Å². The molecule has 0 unspecified atom stereocenters. The number of para-hydroxylation sites is 1. The molecule has 1 N–H and O–H groups in total. The lowest BCUT2D eigenvalue weighted by Gasteiger charge is -2.24. The highest BCUT2D eigenvalue weighted by atomic mass is 16.5. The summed E-state index contributed by atoms with van der Waals surface area (Å²) in [4.78, 5) is 25.8. The Labute approximate surface area is 193 Å². The fourth-order valence-electron chi connectivity index (χ4n) is 3.64. The van der Waals surface area contributed by atoms with Gasteiger partial charge in [0.05, 0.1) is 19.3 Å². The average molecular weight is 446 g/mol. The Morgan fingerprint density at radius 3 is 2.52 bits per heavy atom. The molecular formula is C27H27NO5. The normalized spacial score (nSPS) is 13.2. The maximum absolute atomic E-state index is 13.3. The number of carbonyl (C=O) groups is 2. The Balaban J connectivity index is 1.41. The standard InChI is InChI=1S/C27H27NO5/c29-26(30)10-2-1-5-17-32-25-8-4-3-7-22(25)19-28(23-15-16-23)27(31)21-13-11-20(12-14-21)24-9-6-18-33-24/h1-4,6-9,11-14,18,23H,5,10,15-17,19H2,(H,29,30)/b2-1-. The Morgan fingerprint density at radius 2 is 1.82 bits per heavy atom. The van der Waals surface area contributed by atoms with E-state index in [2.05, 4.69) is 0 Å². The highest BCUT2D eigenvalue weighted by molar-refractivity contribution is 5.95. The summed E-state index contributed by atoms with van der Waals surface area (Å²) in [6.07, 6.45) is 7.72. The first-order chi connectivity index (χ1) is 16.1. The summed E-state index contributed by atoms with van der Waals surface area (Å²) in [5, 5.41) is 8.68. The van der Waals surface area contributed by atoms with Gasteiger partial charge >= 0.3 is 5.97 Å². The topological polar surface area (TPSA) is 80.0 Å². The molecule has 3 aromatic rings. The van der Waals surface area contributed by atoms with Gasteiger partial charge in [-0.25, -0.2) is 0 Å². The Morgan fingerprint density at radius 1 is 1.03 bits per heavy atom. The fourth-order valence-corrected chi connectivity index (χ4v) is 3.64. The van der Waals surface area contributed by atoms with Crippen LogP contribution in [-0.2, 0) is 11.3 Å². The first-order valence-electron chi connectivity index (χ1n) is 11.1. The number of rotatable bonds is 11. The minimum atomic E-state index is -0.849. The number of furan rings is 1. The third-order valence-electron chi connectivity index (χ3n) is 5.50. The van der Waals surface area contributed by atoms with Crippen molar-refractivity contribution >= 4 is 11.9 Å². The number of carboxylic acid groups (broad SMARTS) is 1. The number of benzene rings is 2. The van der Waals surface area contributed by atoms with E-state index in [1.54, 1.807) is 12.3 Å². The molecule has 0 spiro atoms. The van der Waals surface area contributed by atoms with Crippen LogP contribution < -0.4 is 4.74 Å². The number of amides is 1. The van der Waals surface area contributed by atoms with Crippen LogP contribution in [-0.4, -0.2) is 34.5 Å². The quantitative estimate of drug-likeness (QED) is 0.309. The molecular weight excluding hydrogens is 418 g/mol. The molecule has 1 saturated carbocycles. The van der Waals surface area contributed by atoms with E-state index in [0.29, 0.717) is 25.1 Å². The second-order valence-corrected chi connectivity index (χ2v) is 8.03. The number of ether oxygens (including phenoxy) is 1. The molecule has 1 aromatic heterocycles. The molecule has 0 bridgehead atoms. The van der Waals surface area contributed by atoms with Crippen molar-refractivity contribution in [1.82, 2.24) is 4.90 Å². The molecule has 1 amide bonds. The second-order valence-electron chi connectivity index (χ2n) is 8.03. The van der Waals surface area contributed by atoms with Gasteiger partial charge in [0.25, 0.3) is 5.91 Å². The van der Waals surface area contributed by atoms with Crippen molar-refractivity contribution in [3.05, 3.63) is 90.2 Å². The summed E-state index contributed by atoms with van der Waals surface area (Å²) in [7, 11) is 0. The largest absolute Gasteiger partial charge is 0.493 e. The number of hydrogen-bond donors (Lipinski definition) is 1. The lowest BCUT2D eigenvalue weighted by Crippen LogP contribution is -2.32. The minimum Gasteiger partial charge on any atom is -0.493 e. The van der Waals surface area contributed by atoms with Crippen molar-refractivity contribution in [2.75, 3.05) is 6.61 Å². The molecule has 1 aliphatic carbocycles. The van der Waals surface area contributed by atoms with E-state index in [-0.39, 0.29) is 18.4 Å². The monoisotopic (exact) mass is 445 g/mol. The lowest BCUT2D eigenvalue weighted by molar-refractivity contribution is -0.136. The average Bonchev–Trinajstić information content (AvgIpc) is 3.52. The predicted molar refractivity (Wildman–Crippen MR) is 125 cm³/mol. The highest BCUT2D eigenvalue weighted by Crippen LogP contribution is 2.32. The first kappa shape index (κ1) is 22.4. The van der Waals surface area contributed by atoms with Gasteiger partial charge in [0.2, 0.25) is 0 Å². The molecule has 170 valence electrons. The van der Waals surface area contributed by atoms with Gasteiger partial charge in [-0.3, -0.25) is 9.59 Å². The van der Waals surface area contributed by atoms with Crippen LogP contribution in [0.1, 0.15) is 41.6 Å². The summed E-state index contributed by atoms with van der Waals surface area (Å²) in [6.45, 7) is 0.924. The van der Waals surface area contributed by atoms with E-state index in [1.165, 1.54) is 0 Å². The summed E-state index contributed by atoms with van der Waals surface area (Å²) < 4.78 is 11.4. The summed E-state index contributed by atoms with van der Waals surface area (Å²) >= 11 is 0. The van der Waals surface area contributed by atoms with Crippen LogP contribution in [0.2, 0.25) is 0 Å². The molecule has 1 heterocycles. The van der Waals surface area contributed by atoms with E-state index in [4.69, 9.17) is 14.3 Å². The minimum absolute atomic E-state index is 0.00917. The van der Waals surface area contributed by atoms with Crippen LogP contribution in [0.3, 0.4) is 0 Å². The van der Waals surface area contributed by atoms with Gasteiger partial charge in [-0.1, -0.05) is 42.5 Å². The number of aliphatic carboxylic acids is 1. The van der Waals surface area contributed by atoms with Crippen molar-refractivity contribution in [3.8, 4) is 17.1 Å². The molecule has 0 radical (unpaired) electrons. The molecule has 0 atom stereocenters. The van der Waals surface area contributed by atoms with Gasteiger partial charge in [-0.15, -0.1) is 0 Å². The highest BCUT2D eigenvalue weighted by Gasteiger charge is 2.33. The summed E-state index contributed by atoms with van der Waals surface area (Å²) in [5.41, 5.74) is 2.55. The van der Waals surface area contributed by atoms with Crippen molar-refractivity contribution in [3.63, 3.8) is 0 Å². The second kappa shape index (κ2) is 10.7. The molecule has 6 heteroatoms. The number of carboxylic acids is 1. The number of hydrogen-bond acceptors (Lipinski definition) is 4. The van der Waals surface area contributed by atoms with Gasteiger partial charge in [-0.2, -0.15) is 0 Å². The van der Waals surface area contributed by atoms with Crippen LogP contribution in [0.4, 0.5) is 0 Å². The summed E-state index contributed by atoms with van der Waals surface area (Å²) in [5.74, 6) is 0.681. The van der Waals surface area contributed by atoms with Crippen LogP contribution in [0.15, 0.2) is 83.5 Å². The fraction of sp³-hybridized carbons (Fsp3) is 0.259. The molecule has 4 rings (SSSR count). The van der Waals surface area contributed by atoms with Gasteiger partial charge < -0.3 is 19.2 Å². The maximum atomic E-state index is 13.3. The third-order valence-corrected chi connectivity index (χ3v) is 5.50. The van der Waals surface area contributed by atoms with Crippen LogP contribution in [0.5, 0.6) is 5.75 Å². The number of carbonyl (C=O) groups excluding carboxylic acids is 1. The molecule has 0 aliphatic heterocycles. The van der Waals surface area contributed by atoms with Crippen molar-refractivity contribution in [1.29, 1.82) is 0 Å². The zero-order valence-electron chi connectivity index (χ0n) is 18.4. The van der Waals surface area contributed by atoms with E-state index < -0.39 is 5.97 Å². The van der Waals surface area contributed by atoms with Crippen LogP contribution in [0.25, 0.3) is 11.3 Å². The maximum Gasteiger partial charge on any atom is 0.307 e. The Hall–Kier alpha value is -3.80. The first-order valence-corrected chi connectivity index (χ1v) is 11.1. The van der Waals surface area contributed by atoms with E-state index in [0.717, 1.165) is 35.5 Å². The Kier molecular flexibility index (Phi) is 7.25. The van der Waals surface area contributed by atoms with E-state index in [9.17, 15) is 9.59 Å². The van der Waals surface area contributed by atoms with E-state index in [1.807, 2.05) is 71.6 Å². The summed E-state index contributed by atoms with van der Waals surface area (Å²) in [6, 6.07) is 19.2. The molecule has 6 nitrogen and oxygen atoms in total. The smallest absolute Gasteiger partial charge is 0.307 e. The predicted octanol–water partition coefficient (Wildman–Crippen LogP) is 5.55. The SMILES string of the molecule is O=C(O)C/C=C\CCOc1ccccc1CN(C(=O)c1ccc(-c2ccco2)cc1)C1CC1. The van der Waals surface area contributed by atoms with Crippen molar-refractivity contribution < 1.29 is 23.8 Å². The van der Waals surface area contributed by atoms with Crippen molar-refractivity contribution in [2.24, 2.45) is 0 Å². The Bertz CT molecular complexity index is 1100. The third kappa shape index (κ3) is 6.13. The lowest BCUT2D eigenvalue weighted by atomic mass is 10.1.